The second-order valence-electron chi connectivity index (χ2n) is 21.7. The molecular weight excluding hydrogens is 1190 g/mol. The van der Waals surface area contributed by atoms with Crippen LogP contribution in [0.4, 0.5) is 0 Å². The van der Waals surface area contributed by atoms with E-state index >= 15 is 0 Å². The first-order chi connectivity index (χ1) is 44.3. The first-order valence-corrected chi connectivity index (χ1v) is 34.3. The fourth-order valence-electron chi connectivity index (χ4n) is 9.56. The standard InChI is InChI=1S/C37H44NO7P.C35H40NO8P/c1-41-46(2,40)24-23-35(42-26-31-15-7-3-8-16-31)37(44-28-33-19-11-5-12-20-33)36(43-27-32-17-9-4-10-18-32)25-38(30-39)45-29-34-21-13-6-14-22-34;37-28-36(44-27-32-19-11-4-12-20-32)23-34(42-25-30-15-7-2-8-16-30)35(43-26-31-17-9-3-10-18-31)33(21-22-45(38,39)40)41-24-29-13-5-1-6-14-29/h3-22,30,35-37H,23-29H2,1-2H3;1-20,28,33-35H,21-27H2,(H2,38,39,40)/t35-,36-,37-,46?;33-,34-,35-/m11/s1. The molecule has 1 unspecified atom stereocenters. The van der Waals surface area contributed by atoms with Crippen LogP contribution in [0.25, 0.3) is 0 Å². The molecule has 0 aliphatic carbocycles. The zero-order valence-electron chi connectivity index (χ0n) is 51.6. The van der Waals surface area contributed by atoms with Crippen molar-refractivity contribution in [3.05, 3.63) is 287 Å². The van der Waals surface area contributed by atoms with Crippen molar-refractivity contribution in [3.8, 4) is 0 Å². The van der Waals surface area contributed by atoms with Gasteiger partial charge < -0.3 is 42.7 Å². The molecule has 8 rings (SSSR count). The van der Waals surface area contributed by atoms with Gasteiger partial charge in [0.25, 0.3) is 0 Å². The molecule has 0 aromatic heterocycles. The smallest absolute Gasteiger partial charge is 0.325 e. The molecule has 2 N–H and O–H groups in total. The molecule has 0 bridgehead atoms. The quantitative estimate of drug-likeness (QED) is 0.0208. The number of benzene rings is 8. The van der Waals surface area contributed by atoms with Gasteiger partial charge in [0.2, 0.25) is 12.8 Å². The van der Waals surface area contributed by atoms with Crippen molar-refractivity contribution in [2.45, 2.75) is 102 Å². The molecule has 17 nitrogen and oxygen atoms in total. The predicted molar refractivity (Wildman–Crippen MR) is 350 cm³/mol. The summed E-state index contributed by atoms with van der Waals surface area (Å²) < 4.78 is 69.5. The molecule has 0 radical (unpaired) electrons. The Kier molecular flexibility index (Phi) is 31.2. The van der Waals surface area contributed by atoms with Gasteiger partial charge in [-0.2, -0.15) is 0 Å². The highest BCUT2D eigenvalue weighted by Crippen LogP contribution is 2.43. The number of hydrogen-bond donors (Lipinski definition) is 2. The second-order valence-corrected chi connectivity index (χ2v) is 26.3. The van der Waals surface area contributed by atoms with Gasteiger partial charge in [-0.05, 0) is 57.3 Å². The monoisotopic (exact) mass is 1280 g/mol. The summed E-state index contributed by atoms with van der Waals surface area (Å²) in [5.74, 6) is 0. The first kappa shape index (κ1) is 71.2. The first-order valence-electron chi connectivity index (χ1n) is 30.2. The number of carbonyl (C=O) groups excluding carboxylic acids is 2. The van der Waals surface area contributed by atoms with Crippen LogP contribution < -0.4 is 0 Å². The zero-order valence-corrected chi connectivity index (χ0v) is 53.4. The van der Waals surface area contributed by atoms with Crippen LogP contribution in [-0.2, 0) is 114 Å². The van der Waals surface area contributed by atoms with Crippen LogP contribution in [0.5, 0.6) is 0 Å². The fourth-order valence-corrected chi connectivity index (χ4v) is 11.1. The number of ether oxygens (including phenoxy) is 6. The van der Waals surface area contributed by atoms with Crippen LogP contribution in [0, 0.1) is 0 Å². The number of amides is 2. The number of carbonyl (C=O) groups is 2. The van der Waals surface area contributed by atoms with Crippen molar-refractivity contribution in [1.29, 1.82) is 0 Å². The lowest BCUT2D eigenvalue weighted by molar-refractivity contribution is -0.208. The summed E-state index contributed by atoms with van der Waals surface area (Å²) in [6.07, 6.45) is -2.87. The highest BCUT2D eigenvalue weighted by atomic mass is 31.2. The Hall–Kier alpha value is -7.28. The summed E-state index contributed by atoms with van der Waals surface area (Å²) in [6.45, 7) is 3.47. The molecule has 7 atom stereocenters. The SMILES string of the molecule is COP(C)(=O)CC[C@@H](OCc1ccccc1)[C@@H](OCc1ccccc1)[C@@H](CN(C=O)OCc1ccccc1)OCc1ccccc1.O=CN(C[C@@H](OCc1ccccc1)[C@H](OCc1ccccc1)[C@@H](CCP(=O)(O)O)OCc1ccccc1)OCc1ccccc1. The highest BCUT2D eigenvalue weighted by Gasteiger charge is 2.37. The van der Waals surface area contributed by atoms with Gasteiger partial charge >= 0.3 is 7.60 Å². The largest absolute Gasteiger partial charge is 0.371 e. The van der Waals surface area contributed by atoms with E-state index in [9.17, 15) is 28.5 Å². The minimum atomic E-state index is -4.37. The van der Waals surface area contributed by atoms with E-state index in [1.165, 1.54) is 17.2 Å². The predicted octanol–water partition coefficient (Wildman–Crippen LogP) is 13.2. The minimum absolute atomic E-state index is 0.00622. The highest BCUT2D eigenvalue weighted by molar-refractivity contribution is 7.58. The lowest BCUT2D eigenvalue weighted by Crippen LogP contribution is -2.48. The molecule has 0 heterocycles. The third-order valence-corrected chi connectivity index (χ3v) is 17.3. The molecule has 0 aliphatic heterocycles. The number of nitrogens with zero attached hydrogens (tertiary/aromatic N) is 2. The Balaban J connectivity index is 0.000000259. The van der Waals surface area contributed by atoms with Gasteiger partial charge in [-0.25, -0.2) is 10.1 Å². The molecule has 8 aromatic rings. The maximum absolute atomic E-state index is 13.1. The average molecular weight is 1280 g/mol. The summed E-state index contributed by atoms with van der Waals surface area (Å²) in [5.41, 5.74) is 7.44. The van der Waals surface area contributed by atoms with E-state index in [2.05, 4.69) is 0 Å². The molecule has 0 spiro atoms. The van der Waals surface area contributed by atoms with Gasteiger partial charge in [-0.3, -0.25) is 28.4 Å². The summed E-state index contributed by atoms with van der Waals surface area (Å²) in [7, 11) is -5.79. The van der Waals surface area contributed by atoms with E-state index in [-0.39, 0.29) is 71.9 Å². The summed E-state index contributed by atoms with van der Waals surface area (Å²) in [6, 6.07) is 77.3. The van der Waals surface area contributed by atoms with Crippen molar-refractivity contribution in [3.63, 3.8) is 0 Å². The maximum atomic E-state index is 13.1. The van der Waals surface area contributed by atoms with Crippen LogP contribution in [0.1, 0.15) is 57.3 Å². The van der Waals surface area contributed by atoms with E-state index in [4.69, 9.17) is 42.6 Å². The number of hydrogen-bond acceptors (Lipinski definition) is 13. The summed E-state index contributed by atoms with van der Waals surface area (Å²) >= 11 is 0. The van der Waals surface area contributed by atoms with Crippen LogP contribution in [0.15, 0.2) is 243 Å². The molecule has 0 aliphatic rings. The van der Waals surface area contributed by atoms with Crippen LogP contribution >= 0.6 is 15.0 Å². The van der Waals surface area contributed by atoms with Crippen LogP contribution in [0.3, 0.4) is 0 Å². The van der Waals surface area contributed by atoms with Crippen molar-refractivity contribution < 1.29 is 71.1 Å². The van der Waals surface area contributed by atoms with E-state index < -0.39 is 57.8 Å². The Morgan fingerprint density at radius 3 is 0.824 bits per heavy atom. The van der Waals surface area contributed by atoms with E-state index in [1.54, 1.807) is 6.66 Å². The van der Waals surface area contributed by atoms with Crippen molar-refractivity contribution >= 4 is 27.8 Å². The van der Waals surface area contributed by atoms with Gasteiger partial charge in [0, 0.05) is 19.9 Å². The van der Waals surface area contributed by atoms with Crippen molar-refractivity contribution in [2.75, 3.05) is 39.2 Å². The zero-order chi connectivity index (χ0) is 64.2. The van der Waals surface area contributed by atoms with Gasteiger partial charge in [0.1, 0.15) is 37.6 Å². The Morgan fingerprint density at radius 1 is 0.352 bits per heavy atom. The normalized spacial score (nSPS) is 14.1. The fraction of sp³-hybridized carbons (Fsp3) is 0.306. The van der Waals surface area contributed by atoms with Crippen molar-refractivity contribution in [1.82, 2.24) is 10.1 Å². The van der Waals surface area contributed by atoms with Gasteiger partial charge in [-0.15, -0.1) is 0 Å². The number of rotatable bonds is 41. The topological polar surface area (TPSA) is 198 Å². The molecule has 19 heteroatoms. The molecule has 2 amide bonds. The third-order valence-electron chi connectivity index (χ3n) is 14.6. The molecule has 0 fully saturated rings. The lowest BCUT2D eigenvalue weighted by Gasteiger charge is -2.35. The van der Waals surface area contributed by atoms with Crippen molar-refractivity contribution in [2.24, 2.45) is 0 Å². The molecule has 0 saturated heterocycles. The Morgan fingerprint density at radius 2 is 0.582 bits per heavy atom. The van der Waals surface area contributed by atoms with E-state index in [0.717, 1.165) is 44.5 Å². The molecule has 91 heavy (non-hydrogen) atoms. The second kappa shape index (κ2) is 39.9. The lowest BCUT2D eigenvalue weighted by atomic mass is 10.0. The third kappa shape index (κ3) is 27.6. The maximum Gasteiger partial charge on any atom is 0.325 e. The van der Waals surface area contributed by atoms with E-state index in [1.807, 2.05) is 243 Å². The number of hydroxylamine groups is 4. The Labute approximate surface area is 535 Å². The van der Waals surface area contributed by atoms with Crippen LogP contribution in [0.2, 0.25) is 0 Å². The minimum Gasteiger partial charge on any atom is -0.371 e. The van der Waals surface area contributed by atoms with Gasteiger partial charge in [0.05, 0.1) is 71.1 Å². The molecular formula is C72H84N2O15P2. The summed E-state index contributed by atoms with van der Waals surface area (Å²) in [4.78, 5) is 56.0. The average Bonchev–Trinajstić information content (AvgIpc) is 3.13. The van der Waals surface area contributed by atoms with E-state index in [0.29, 0.717) is 25.8 Å². The molecule has 8 aromatic carbocycles. The van der Waals surface area contributed by atoms with Gasteiger partial charge in [-0.1, -0.05) is 243 Å². The summed E-state index contributed by atoms with van der Waals surface area (Å²) in [5, 5.41) is 2.41. The van der Waals surface area contributed by atoms with Gasteiger partial charge in [0.15, 0.2) is 7.37 Å². The van der Waals surface area contributed by atoms with Crippen LogP contribution in [-0.4, -0.2) is 109 Å². The Bertz CT molecular complexity index is 3310. The molecule has 482 valence electrons. The molecule has 0 saturated carbocycles.